The quantitative estimate of drug-likeness (QED) is 0.693. The van der Waals surface area contributed by atoms with E-state index in [2.05, 4.69) is 20.1 Å². The average Bonchev–Trinajstić information content (AvgIpc) is 3.23. The Morgan fingerprint density at radius 2 is 2.22 bits per heavy atom. The number of dihydropyridines is 1. The fraction of sp³-hybridized carbons (Fsp3) is 0.353. The third-order valence-electron chi connectivity index (χ3n) is 4.49. The summed E-state index contributed by atoms with van der Waals surface area (Å²) >= 11 is 0. The minimum absolute atomic E-state index is 0.216. The molecule has 0 radical (unpaired) electrons. The lowest BCUT2D eigenvalue weighted by molar-refractivity contribution is 0.188. The number of rotatable bonds is 2. The second-order valence-electron chi connectivity index (χ2n) is 6.75. The van der Waals surface area contributed by atoms with Gasteiger partial charge in [0.15, 0.2) is 17.3 Å². The first kappa shape index (κ1) is 17.2. The minimum atomic E-state index is -0.405. The third-order valence-corrected chi connectivity index (χ3v) is 4.49. The molecule has 0 bridgehead atoms. The van der Waals surface area contributed by atoms with Gasteiger partial charge in [-0.2, -0.15) is 5.10 Å². The first-order chi connectivity index (χ1) is 12.9. The van der Waals surface area contributed by atoms with Crippen molar-refractivity contribution in [1.29, 1.82) is 5.41 Å². The number of nitrogens with two attached hydrogens (primary N) is 1. The van der Waals surface area contributed by atoms with Crippen LogP contribution in [0, 0.1) is 5.41 Å². The van der Waals surface area contributed by atoms with Gasteiger partial charge >= 0.3 is 0 Å². The Morgan fingerprint density at radius 3 is 2.93 bits per heavy atom. The molecule has 4 heterocycles. The number of aromatic nitrogens is 3. The number of hydrogen-bond donors (Lipinski definition) is 3. The van der Waals surface area contributed by atoms with Gasteiger partial charge in [-0.05, 0) is 18.6 Å². The smallest absolute Gasteiger partial charge is 0.183 e. The van der Waals surface area contributed by atoms with Gasteiger partial charge in [-0.3, -0.25) is 5.41 Å². The fourth-order valence-corrected chi connectivity index (χ4v) is 3.06. The largest absolute Gasteiger partial charge is 0.396 e. The lowest BCUT2D eigenvalue weighted by Gasteiger charge is -2.22. The average molecular weight is 367 g/mol. The summed E-state index contributed by atoms with van der Waals surface area (Å²) < 4.78 is 1.64. The van der Waals surface area contributed by atoms with Crippen LogP contribution in [0.2, 0.25) is 0 Å². The summed E-state index contributed by atoms with van der Waals surface area (Å²) in [6.07, 6.45) is 5.21. The van der Waals surface area contributed by atoms with Crippen molar-refractivity contribution in [1.82, 2.24) is 19.5 Å². The van der Waals surface area contributed by atoms with Crippen molar-refractivity contribution >= 4 is 34.5 Å². The molecule has 2 aromatic rings. The van der Waals surface area contributed by atoms with E-state index in [1.165, 1.54) is 6.08 Å². The maximum absolute atomic E-state index is 9.77. The van der Waals surface area contributed by atoms with E-state index in [0.717, 1.165) is 5.82 Å². The molecule has 10 nitrogen and oxygen atoms in total. The Bertz CT molecular complexity index is 1000. The molecular weight excluding hydrogens is 346 g/mol. The van der Waals surface area contributed by atoms with Gasteiger partial charge < -0.3 is 20.6 Å². The lowest BCUT2D eigenvalue weighted by Crippen LogP contribution is -2.38. The van der Waals surface area contributed by atoms with E-state index in [4.69, 9.17) is 11.1 Å². The monoisotopic (exact) mass is 367 g/mol. The van der Waals surface area contributed by atoms with Crippen molar-refractivity contribution in [3.05, 3.63) is 30.2 Å². The van der Waals surface area contributed by atoms with Crippen LogP contribution in [0.4, 0.5) is 11.5 Å². The number of aliphatic imine (C=N–C) groups is 2. The van der Waals surface area contributed by atoms with Gasteiger partial charge in [0.1, 0.15) is 11.5 Å². The number of fused-ring (bicyclic) bond motifs is 1. The second kappa shape index (κ2) is 6.47. The van der Waals surface area contributed by atoms with Gasteiger partial charge in [-0.25, -0.2) is 19.5 Å². The van der Waals surface area contributed by atoms with Gasteiger partial charge in [0.05, 0.1) is 23.7 Å². The summed E-state index contributed by atoms with van der Waals surface area (Å²) in [7, 11) is 3.82. The Labute approximate surface area is 155 Å². The topological polar surface area (TPSA) is 131 Å². The summed E-state index contributed by atoms with van der Waals surface area (Å²) in [4.78, 5) is 17.4. The maximum atomic E-state index is 9.77. The molecule has 0 aliphatic carbocycles. The summed E-state index contributed by atoms with van der Waals surface area (Å²) in [5.41, 5.74) is 7.72. The predicted octanol–water partition coefficient (Wildman–Crippen LogP) is 0.166. The van der Waals surface area contributed by atoms with E-state index >= 15 is 0 Å². The Morgan fingerprint density at radius 1 is 1.41 bits per heavy atom. The molecule has 10 heteroatoms. The normalized spacial score (nSPS) is 21.7. The van der Waals surface area contributed by atoms with E-state index in [1.54, 1.807) is 10.7 Å². The number of likely N-dealkylation sites (tertiary alicyclic amines) is 1. The maximum Gasteiger partial charge on any atom is 0.183 e. The number of hydrogen-bond acceptors (Lipinski definition) is 8. The molecule has 2 aromatic heterocycles. The Hall–Kier alpha value is -3.27. The van der Waals surface area contributed by atoms with E-state index in [0.29, 0.717) is 48.2 Å². The molecule has 140 valence electrons. The SMILES string of the molecule is CN(C)c1ccn2ncc(/N=C3\N=C(N4CCC(O)C4)C(=N)C=C3N)c2n1. The Kier molecular flexibility index (Phi) is 4.11. The van der Waals surface area contributed by atoms with Gasteiger partial charge in [-0.15, -0.1) is 0 Å². The molecule has 1 atom stereocenters. The highest BCUT2D eigenvalue weighted by Gasteiger charge is 2.28. The summed E-state index contributed by atoms with van der Waals surface area (Å²) in [6.45, 7) is 1.10. The van der Waals surface area contributed by atoms with E-state index in [9.17, 15) is 5.11 Å². The van der Waals surface area contributed by atoms with Crippen molar-refractivity contribution < 1.29 is 5.11 Å². The first-order valence-electron chi connectivity index (χ1n) is 8.61. The van der Waals surface area contributed by atoms with Gasteiger partial charge in [0.25, 0.3) is 0 Å². The van der Waals surface area contributed by atoms with Gasteiger partial charge in [0.2, 0.25) is 0 Å². The number of nitrogens with one attached hydrogen (secondary N) is 1. The molecule has 4 N–H and O–H groups in total. The second-order valence-corrected chi connectivity index (χ2v) is 6.75. The third kappa shape index (κ3) is 3.14. The lowest BCUT2D eigenvalue weighted by atomic mass is 10.2. The highest BCUT2D eigenvalue weighted by Crippen LogP contribution is 2.22. The van der Waals surface area contributed by atoms with Crippen LogP contribution in [0.5, 0.6) is 0 Å². The summed E-state index contributed by atoms with van der Waals surface area (Å²) in [6, 6.07) is 1.86. The molecule has 2 aliphatic rings. The van der Waals surface area contributed by atoms with E-state index in [-0.39, 0.29) is 5.71 Å². The highest BCUT2D eigenvalue weighted by molar-refractivity contribution is 6.48. The van der Waals surface area contributed by atoms with Crippen LogP contribution in [0.3, 0.4) is 0 Å². The van der Waals surface area contributed by atoms with Crippen molar-refractivity contribution in [3.8, 4) is 0 Å². The molecule has 0 saturated carbocycles. The van der Waals surface area contributed by atoms with Crippen molar-refractivity contribution in [3.63, 3.8) is 0 Å². The van der Waals surface area contributed by atoms with Crippen LogP contribution >= 0.6 is 0 Å². The van der Waals surface area contributed by atoms with Crippen molar-refractivity contribution in [2.45, 2.75) is 12.5 Å². The highest BCUT2D eigenvalue weighted by atomic mass is 16.3. The molecule has 4 rings (SSSR count). The van der Waals surface area contributed by atoms with Crippen LogP contribution in [-0.2, 0) is 0 Å². The number of amidine groups is 2. The van der Waals surface area contributed by atoms with Crippen LogP contribution in [0.25, 0.3) is 5.65 Å². The molecule has 27 heavy (non-hydrogen) atoms. The molecule has 2 aliphatic heterocycles. The molecule has 1 fully saturated rings. The van der Waals surface area contributed by atoms with Crippen LogP contribution in [-0.4, -0.2) is 75.3 Å². The molecule has 1 unspecified atom stereocenters. The fourth-order valence-electron chi connectivity index (χ4n) is 3.06. The molecule has 0 amide bonds. The Balaban J connectivity index is 1.75. The van der Waals surface area contributed by atoms with Crippen molar-refractivity contribution in [2.75, 3.05) is 32.1 Å². The molecule has 1 saturated heterocycles. The van der Waals surface area contributed by atoms with E-state index < -0.39 is 6.10 Å². The minimum Gasteiger partial charge on any atom is -0.396 e. The first-order valence-corrected chi connectivity index (χ1v) is 8.61. The van der Waals surface area contributed by atoms with Gasteiger partial charge in [0, 0.05) is 33.4 Å². The number of aliphatic hydroxyl groups excluding tert-OH is 1. The standard InChI is InChI=1S/C17H21N9O/c1-24(2)14-4-6-26-17(22-14)13(8-20-26)21-15-11(18)7-12(19)16(23-15)25-5-3-10(27)9-25/h4,6-8,10,19,27H,3,5,9,18H2,1-2H3/b19-12?,21-15-. The van der Waals surface area contributed by atoms with Crippen LogP contribution in [0.1, 0.15) is 6.42 Å². The van der Waals surface area contributed by atoms with Gasteiger partial charge in [-0.1, -0.05) is 0 Å². The molecule has 0 spiro atoms. The zero-order valence-electron chi connectivity index (χ0n) is 15.2. The van der Waals surface area contributed by atoms with E-state index in [1.807, 2.05) is 36.2 Å². The number of aliphatic hydroxyl groups is 1. The number of anilines is 1. The zero-order chi connectivity index (χ0) is 19.1. The number of β-amino-alcohol motifs (C(OH)–C–C–N with tert-alkyl or cyclic N) is 1. The summed E-state index contributed by atoms with van der Waals surface area (Å²) in [5.74, 6) is 1.57. The van der Waals surface area contributed by atoms with Crippen LogP contribution in [0.15, 0.2) is 40.2 Å². The number of nitrogens with zero attached hydrogens (tertiary/aromatic N) is 7. The predicted molar refractivity (Wildman–Crippen MR) is 104 cm³/mol. The summed E-state index contributed by atoms with van der Waals surface area (Å²) in [5, 5.41) is 22.2. The van der Waals surface area contributed by atoms with Crippen molar-refractivity contribution in [2.24, 2.45) is 15.7 Å². The zero-order valence-corrected chi connectivity index (χ0v) is 15.2. The molecule has 0 aromatic carbocycles. The molecular formula is C17H21N9O. The van der Waals surface area contributed by atoms with Crippen LogP contribution < -0.4 is 10.6 Å².